The second kappa shape index (κ2) is 12.9. The van der Waals surface area contributed by atoms with Crippen molar-refractivity contribution in [2.75, 3.05) is 27.9 Å². The Hall–Kier alpha value is -2.87. The lowest BCUT2D eigenvalue weighted by atomic mass is 9.95. The van der Waals surface area contributed by atoms with E-state index >= 15 is 0 Å². The second-order valence-corrected chi connectivity index (χ2v) is 10.7. The van der Waals surface area contributed by atoms with Crippen LogP contribution in [0.25, 0.3) is 0 Å². The third-order valence-electron chi connectivity index (χ3n) is 5.78. The molecule has 7 nitrogen and oxygen atoms in total. The Balaban J connectivity index is 1.89. The molecule has 3 rings (SSSR count). The van der Waals surface area contributed by atoms with Gasteiger partial charge in [-0.2, -0.15) is 0 Å². The molecule has 0 aliphatic carbocycles. The minimum absolute atomic E-state index is 0.244. The minimum atomic E-state index is -0.244. The molecule has 8 heteroatoms. The van der Waals surface area contributed by atoms with Crippen LogP contribution in [0.3, 0.4) is 0 Å². The molecule has 0 unspecified atom stereocenters. The van der Waals surface area contributed by atoms with Crippen LogP contribution in [0.5, 0.6) is 22.3 Å². The molecule has 2 heterocycles. The van der Waals surface area contributed by atoms with Crippen LogP contribution in [-0.4, -0.2) is 45.3 Å². The molecule has 0 N–H and O–H groups in total. The molecule has 0 amide bonds. The number of benzene rings is 1. The highest BCUT2D eigenvalue weighted by Crippen LogP contribution is 2.42. The molecular formula is C28H39N3O4S. The maximum atomic E-state index is 6.09. The summed E-state index contributed by atoms with van der Waals surface area (Å²) in [4.78, 5) is 14.6. The number of aliphatic imine (C=N–C) groups is 3. The van der Waals surface area contributed by atoms with E-state index in [1.54, 1.807) is 21.3 Å². The maximum Gasteiger partial charge on any atom is 0.218 e. The van der Waals surface area contributed by atoms with Gasteiger partial charge in [-0.25, -0.2) is 15.0 Å². The van der Waals surface area contributed by atoms with E-state index in [-0.39, 0.29) is 5.41 Å². The van der Waals surface area contributed by atoms with E-state index < -0.39 is 0 Å². The van der Waals surface area contributed by atoms with Gasteiger partial charge in [-0.15, -0.1) is 0 Å². The van der Waals surface area contributed by atoms with E-state index in [1.165, 1.54) is 43.4 Å². The van der Waals surface area contributed by atoms with Gasteiger partial charge in [0.2, 0.25) is 5.06 Å². The largest absolute Gasteiger partial charge is 0.496 e. The Bertz CT molecular complexity index is 1090. The van der Waals surface area contributed by atoms with E-state index in [1.807, 2.05) is 24.3 Å². The predicted molar refractivity (Wildman–Crippen MR) is 150 cm³/mol. The molecule has 1 aromatic heterocycles. The number of rotatable bonds is 13. The highest BCUT2D eigenvalue weighted by Gasteiger charge is 2.30. The lowest BCUT2D eigenvalue weighted by Crippen LogP contribution is -2.16. The highest BCUT2D eigenvalue weighted by atomic mass is 32.1. The van der Waals surface area contributed by atoms with Crippen molar-refractivity contribution in [3.05, 3.63) is 29.8 Å². The number of ether oxygens (including phenoxy) is 4. The molecule has 0 saturated carbocycles. The number of hydrogen-bond acceptors (Lipinski definition) is 7. The lowest BCUT2D eigenvalue weighted by molar-refractivity contribution is 0.303. The van der Waals surface area contributed by atoms with E-state index in [4.69, 9.17) is 33.9 Å². The van der Waals surface area contributed by atoms with Gasteiger partial charge in [-0.05, 0) is 24.6 Å². The normalized spacial score (nSPS) is 14.6. The summed E-state index contributed by atoms with van der Waals surface area (Å²) in [5, 5.41) is 1.38. The Kier molecular flexibility index (Phi) is 9.93. The van der Waals surface area contributed by atoms with Gasteiger partial charge in [0.1, 0.15) is 28.0 Å². The van der Waals surface area contributed by atoms with Crippen molar-refractivity contribution in [2.24, 2.45) is 20.4 Å². The zero-order chi connectivity index (χ0) is 26.1. The van der Waals surface area contributed by atoms with Crippen molar-refractivity contribution >= 4 is 33.7 Å². The third kappa shape index (κ3) is 7.09. The zero-order valence-electron chi connectivity index (χ0n) is 22.6. The van der Waals surface area contributed by atoms with Crippen LogP contribution in [0.15, 0.2) is 39.2 Å². The van der Waals surface area contributed by atoms with Gasteiger partial charge in [-0.1, -0.05) is 71.1 Å². The summed E-state index contributed by atoms with van der Waals surface area (Å²) in [6.07, 6.45) is 7.34. The Morgan fingerprint density at radius 2 is 1.58 bits per heavy atom. The van der Waals surface area contributed by atoms with Gasteiger partial charge in [0.05, 0.1) is 27.9 Å². The molecule has 36 heavy (non-hydrogen) atoms. The summed E-state index contributed by atoms with van der Waals surface area (Å²) in [7, 11) is 4.88. The van der Waals surface area contributed by atoms with Crippen LogP contribution in [-0.2, 0) is 0 Å². The SMILES string of the molecule is CCCCCCCCOc1ccc(OC)c(C2=NC(C(C)(C)C)=N/C2=N\c2cc(OC)c(OC)s2)c1. The van der Waals surface area contributed by atoms with Gasteiger partial charge in [-0.3, -0.25) is 0 Å². The number of nitrogens with zero attached hydrogens (tertiary/aromatic N) is 3. The molecule has 0 spiro atoms. The van der Waals surface area contributed by atoms with Crippen molar-refractivity contribution < 1.29 is 18.9 Å². The van der Waals surface area contributed by atoms with E-state index in [0.29, 0.717) is 40.6 Å². The standard InChI is InChI=1S/C28H39N3O4S/c1-8-9-10-11-12-13-16-35-19-14-15-21(32-5)20(17-19)24-25(31-27(30-24)28(2,3)4)29-23-18-22(33-6)26(34-7)36-23/h14-15,17-18H,8-13,16H2,1-7H3/b29-25-. The first-order chi connectivity index (χ1) is 17.3. The molecule has 0 fully saturated rings. The molecule has 0 atom stereocenters. The molecule has 0 bridgehead atoms. The minimum Gasteiger partial charge on any atom is -0.496 e. The summed E-state index contributed by atoms with van der Waals surface area (Å²) >= 11 is 1.40. The lowest BCUT2D eigenvalue weighted by Gasteiger charge is -2.14. The first-order valence-electron chi connectivity index (χ1n) is 12.6. The monoisotopic (exact) mass is 513 g/mol. The summed E-state index contributed by atoms with van der Waals surface area (Å²) < 4.78 is 22.6. The number of thiophene rings is 1. The summed E-state index contributed by atoms with van der Waals surface area (Å²) in [5.74, 6) is 3.36. The quantitative estimate of drug-likeness (QED) is 0.260. The molecule has 0 saturated heterocycles. The fourth-order valence-corrected chi connectivity index (χ4v) is 4.57. The first-order valence-corrected chi connectivity index (χ1v) is 13.4. The molecule has 1 aromatic carbocycles. The molecule has 196 valence electrons. The van der Waals surface area contributed by atoms with Gasteiger partial charge >= 0.3 is 0 Å². The number of unbranched alkanes of at least 4 members (excludes halogenated alkanes) is 5. The van der Waals surface area contributed by atoms with E-state index in [2.05, 4.69) is 27.7 Å². The van der Waals surface area contributed by atoms with Crippen molar-refractivity contribution in [1.29, 1.82) is 0 Å². The molecule has 2 aromatic rings. The van der Waals surface area contributed by atoms with Crippen molar-refractivity contribution in [1.82, 2.24) is 0 Å². The fourth-order valence-electron chi connectivity index (χ4n) is 3.75. The molecule has 0 radical (unpaired) electrons. The number of methoxy groups -OCH3 is 3. The number of hydrogen-bond donors (Lipinski definition) is 0. The Morgan fingerprint density at radius 1 is 0.861 bits per heavy atom. The predicted octanol–water partition coefficient (Wildman–Crippen LogP) is 7.49. The van der Waals surface area contributed by atoms with Crippen LogP contribution in [0.2, 0.25) is 0 Å². The van der Waals surface area contributed by atoms with E-state index in [0.717, 1.165) is 22.7 Å². The Morgan fingerprint density at radius 3 is 2.22 bits per heavy atom. The molecule has 1 aliphatic heterocycles. The highest BCUT2D eigenvalue weighted by molar-refractivity contribution is 7.18. The summed E-state index contributed by atoms with van der Waals surface area (Å²) in [6.45, 7) is 9.18. The summed E-state index contributed by atoms with van der Waals surface area (Å²) in [5.41, 5.74) is 1.22. The molecule has 1 aliphatic rings. The first kappa shape index (κ1) is 27.7. The van der Waals surface area contributed by atoms with Gasteiger partial charge in [0.25, 0.3) is 0 Å². The average molecular weight is 514 g/mol. The van der Waals surface area contributed by atoms with Crippen LogP contribution in [0.1, 0.15) is 71.8 Å². The van der Waals surface area contributed by atoms with Crippen LogP contribution in [0.4, 0.5) is 5.00 Å². The molecular weight excluding hydrogens is 474 g/mol. The zero-order valence-corrected chi connectivity index (χ0v) is 23.5. The van der Waals surface area contributed by atoms with Crippen molar-refractivity contribution in [3.8, 4) is 22.3 Å². The maximum absolute atomic E-state index is 6.09. The van der Waals surface area contributed by atoms with Gasteiger partial charge in [0.15, 0.2) is 11.6 Å². The topological polar surface area (TPSA) is 74.0 Å². The van der Waals surface area contributed by atoms with Crippen molar-refractivity contribution in [3.63, 3.8) is 0 Å². The fraction of sp³-hybridized carbons (Fsp3) is 0.536. The van der Waals surface area contributed by atoms with Crippen LogP contribution < -0.4 is 18.9 Å². The number of amidine groups is 2. The van der Waals surface area contributed by atoms with Gasteiger partial charge in [0, 0.05) is 17.0 Å². The average Bonchev–Trinajstić information content (AvgIpc) is 3.47. The Labute approximate surface area is 219 Å². The van der Waals surface area contributed by atoms with Gasteiger partial charge < -0.3 is 18.9 Å². The summed E-state index contributed by atoms with van der Waals surface area (Å²) in [6, 6.07) is 7.67. The second-order valence-electron chi connectivity index (χ2n) is 9.70. The van der Waals surface area contributed by atoms with E-state index in [9.17, 15) is 0 Å². The van der Waals surface area contributed by atoms with Crippen molar-refractivity contribution in [2.45, 2.75) is 66.2 Å². The van der Waals surface area contributed by atoms with Crippen LogP contribution >= 0.6 is 11.3 Å². The third-order valence-corrected chi connectivity index (χ3v) is 6.75. The smallest absolute Gasteiger partial charge is 0.218 e. The van der Waals surface area contributed by atoms with Crippen LogP contribution in [0, 0.1) is 5.41 Å².